The maximum absolute atomic E-state index is 13.7. The van der Waals surface area contributed by atoms with Crippen LogP contribution in [0.1, 0.15) is 12.0 Å². The van der Waals surface area contributed by atoms with E-state index in [9.17, 15) is 9.18 Å². The monoisotopic (exact) mass is 335 g/mol. The highest BCUT2D eigenvalue weighted by molar-refractivity contribution is 5.78. The Morgan fingerprint density at radius 2 is 2.08 bits per heavy atom. The fourth-order valence-corrected chi connectivity index (χ4v) is 3.93. The summed E-state index contributed by atoms with van der Waals surface area (Å²) in [5.41, 5.74) is 0.604. The number of carbonyl (C=O) groups excluding carboxylic acids is 1. The first-order valence-corrected chi connectivity index (χ1v) is 8.46. The predicted octanol–water partition coefficient (Wildman–Crippen LogP) is 1.09. The minimum atomic E-state index is -0.234. The zero-order valence-electron chi connectivity index (χ0n) is 14.5. The number of hydrogen-bond donors (Lipinski definition) is 1. The fourth-order valence-electron chi connectivity index (χ4n) is 3.93. The molecule has 1 aliphatic carbocycles. The van der Waals surface area contributed by atoms with Gasteiger partial charge in [-0.2, -0.15) is 0 Å². The molecule has 132 valence electrons. The first-order chi connectivity index (χ1) is 11.5. The zero-order valence-corrected chi connectivity index (χ0v) is 14.5. The lowest BCUT2D eigenvalue weighted by molar-refractivity contribution is -0.128. The van der Waals surface area contributed by atoms with E-state index < -0.39 is 0 Å². The standard InChI is InChI=1S/C18H26FN3O2/c1-21(2)17-16(13-8-9-24-18(13)17)20-15(23)11-22(3)10-12-6-4-5-7-14(12)19/h4-7,13,16-18H,8-11H2,1-3H3,(H,20,23)/t13-,16+,17-,18-/m1/s1. The van der Waals surface area contributed by atoms with Crippen molar-refractivity contribution < 1.29 is 13.9 Å². The van der Waals surface area contributed by atoms with Crippen LogP contribution in [0.5, 0.6) is 0 Å². The van der Waals surface area contributed by atoms with E-state index in [1.807, 2.05) is 32.1 Å². The van der Waals surface area contributed by atoms with Gasteiger partial charge >= 0.3 is 0 Å². The lowest BCUT2D eigenvalue weighted by Crippen LogP contribution is -2.70. The second-order valence-corrected chi connectivity index (χ2v) is 7.10. The third-order valence-corrected chi connectivity index (χ3v) is 5.08. The summed E-state index contributed by atoms with van der Waals surface area (Å²) in [4.78, 5) is 16.3. The fraction of sp³-hybridized carbons (Fsp3) is 0.611. The summed E-state index contributed by atoms with van der Waals surface area (Å²) in [6.45, 7) is 1.44. The van der Waals surface area contributed by atoms with Gasteiger partial charge in [-0.15, -0.1) is 0 Å². The molecule has 1 amide bonds. The summed E-state index contributed by atoms with van der Waals surface area (Å²) >= 11 is 0. The number of hydrogen-bond acceptors (Lipinski definition) is 4. The topological polar surface area (TPSA) is 44.8 Å². The molecule has 1 saturated heterocycles. The molecule has 2 aliphatic rings. The minimum absolute atomic E-state index is 0.0176. The Morgan fingerprint density at radius 1 is 1.33 bits per heavy atom. The van der Waals surface area contributed by atoms with Gasteiger partial charge in [-0.3, -0.25) is 9.69 Å². The van der Waals surface area contributed by atoms with Gasteiger partial charge in [0, 0.05) is 24.6 Å². The molecule has 1 aromatic rings. The van der Waals surface area contributed by atoms with Crippen LogP contribution in [0.25, 0.3) is 0 Å². The molecule has 0 bridgehead atoms. The van der Waals surface area contributed by atoms with E-state index in [0.29, 0.717) is 18.0 Å². The van der Waals surface area contributed by atoms with E-state index in [1.165, 1.54) is 6.07 Å². The van der Waals surface area contributed by atoms with Crippen molar-refractivity contribution in [2.24, 2.45) is 5.92 Å². The van der Waals surface area contributed by atoms with Crippen LogP contribution in [0.15, 0.2) is 24.3 Å². The highest BCUT2D eigenvalue weighted by Gasteiger charge is 2.55. The molecule has 0 spiro atoms. The molecular formula is C18H26FN3O2. The Kier molecular flexibility index (Phi) is 5.18. The van der Waals surface area contributed by atoms with Crippen LogP contribution < -0.4 is 5.32 Å². The molecule has 3 rings (SSSR count). The average molecular weight is 335 g/mol. The Labute approximate surface area is 142 Å². The quantitative estimate of drug-likeness (QED) is 0.845. The first kappa shape index (κ1) is 17.3. The highest BCUT2D eigenvalue weighted by Crippen LogP contribution is 2.41. The predicted molar refractivity (Wildman–Crippen MR) is 90.0 cm³/mol. The largest absolute Gasteiger partial charge is 0.376 e. The van der Waals surface area contributed by atoms with Gasteiger partial charge in [0.25, 0.3) is 0 Å². The Hall–Kier alpha value is -1.50. The Morgan fingerprint density at radius 3 is 2.79 bits per heavy atom. The van der Waals surface area contributed by atoms with Crippen LogP contribution in [-0.2, 0) is 16.1 Å². The summed E-state index contributed by atoms with van der Waals surface area (Å²) in [6.07, 6.45) is 1.24. The maximum atomic E-state index is 13.7. The minimum Gasteiger partial charge on any atom is -0.376 e. The van der Waals surface area contributed by atoms with Crippen molar-refractivity contribution in [3.8, 4) is 0 Å². The van der Waals surface area contributed by atoms with Crippen LogP contribution in [0.4, 0.5) is 4.39 Å². The molecule has 1 saturated carbocycles. The molecule has 6 heteroatoms. The number of nitrogens with zero attached hydrogens (tertiary/aromatic N) is 2. The van der Waals surface area contributed by atoms with Gasteiger partial charge in [0.1, 0.15) is 5.82 Å². The second kappa shape index (κ2) is 7.17. The van der Waals surface area contributed by atoms with Crippen LogP contribution >= 0.6 is 0 Å². The van der Waals surface area contributed by atoms with Crippen molar-refractivity contribution in [1.29, 1.82) is 0 Å². The number of rotatable bonds is 6. The molecule has 0 unspecified atom stereocenters. The highest BCUT2D eigenvalue weighted by atomic mass is 19.1. The van der Waals surface area contributed by atoms with Crippen LogP contribution in [0, 0.1) is 11.7 Å². The van der Waals surface area contributed by atoms with Crippen molar-refractivity contribution in [2.45, 2.75) is 31.2 Å². The summed E-state index contributed by atoms with van der Waals surface area (Å²) in [5.74, 6) is 0.164. The summed E-state index contributed by atoms with van der Waals surface area (Å²) in [6, 6.07) is 7.05. The molecule has 1 heterocycles. The summed E-state index contributed by atoms with van der Waals surface area (Å²) in [5, 5.41) is 3.15. The van der Waals surface area contributed by atoms with Crippen LogP contribution in [0.2, 0.25) is 0 Å². The normalized spacial score (nSPS) is 28.8. The van der Waals surface area contributed by atoms with Gasteiger partial charge in [0.2, 0.25) is 5.91 Å². The number of amides is 1. The molecule has 1 N–H and O–H groups in total. The van der Waals surface area contributed by atoms with Gasteiger partial charge in [-0.1, -0.05) is 18.2 Å². The van der Waals surface area contributed by atoms with Crippen molar-refractivity contribution in [1.82, 2.24) is 15.1 Å². The molecule has 5 nitrogen and oxygen atoms in total. The van der Waals surface area contributed by atoms with Crippen LogP contribution in [-0.4, -0.2) is 68.2 Å². The van der Waals surface area contributed by atoms with E-state index in [2.05, 4.69) is 10.2 Å². The molecular weight excluding hydrogens is 309 g/mol. The van der Waals surface area contributed by atoms with Crippen molar-refractivity contribution in [2.75, 3.05) is 34.3 Å². The molecule has 2 fully saturated rings. The maximum Gasteiger partial charge on any atom is 0.234 e. The van der Waals surface area contributed by atoms with E-state index in [0.717, 1.165) is 13.0 Å². The van der Waals surface area contributed by atoms with Crippen molar-refractivity contribution in [3.05, 3.63) is 35.6 Å². The van der Waals surface area contributed by atoms with Gasteiger partial charge in [-0.05, 0) is 33.6 Å². The molecule has 1 aromatic carbocycles. The molecule has 0 aromatic heterocycles. The SMILES string of the molecule is CN(CC(=O)N[C@H]1[C@H]2CCO[C@H]2[C@@H]1N(C)C)Cc1ccccc1F. The van der Waals surface area contributed by atoms with Gasteiger partial charge < -0.3 is 15.0 Å². The number of benzene rings is 1. The molecule has 1 aliphatic heterocycles. The van der Waals surface area contributed by atoms with Gasteiger partial charge in [0.15, 0.2) is 0 Å². The number of nitrogens with one attached hydrogen (secondary N) is 1. The first-order valence-electron chi connectivity index (χ1n) is 8.46. The number of ether oxygens (including phenoxy) is 1. The third-order valence-electron chi connectivity index (χ3n) is 5.08. The number of fused-ring (bicyclic) bond motifs is 1. The zero-order chi connectivity index (χ0) is 17.3. The van der Waals surface area contributed by atoms with Crippen LogP contribution in [0.3, 0.4) is 0 Å². The van der Waals surface area contributed by atoms with E-state index in [1.54, 1.807) is 12.1 Å². The Bertz CT molecular complexity index is 595. The lowest BCUT2D eigenvalue weighted by Gasteiger charge is -2.50. The van der Waals surface area contributed by atoms with Crippen molar-refractivity contribution >= 4 is 5.91 Å². The van der Waals surface area contributed by atoms with E-state index >= 15 is 0 Å². The third kappa shape index (κ3) is 3.45. The Balaban J connectivity index is 1.53. The summed E-state index contributed by atoms with van der Waals surface area (Å²) < 4.78 is 19.5. The number of carbonyl (C=O) groups is 1. The number of halogens is 1. The second-order valence-electron chi connectivity index (χ2n) is 7.10. The van der Waals surface area contributed by atoms with E-state index in [-0.39, 0.29) is 36.5 Å². The molecule has 0 radical (unpaired) electrons. The summed E-state index contributed by atoms with van der Waals surface area (Å²) in [7, 11) is 5.87. The average Bonchev–Trinajstić information content (AvgIpc) is 2.90. The van der Waals surface area contributed by atoms with Gasteiger partial charge in [-0.25, -0.2) is 4.39 Å². The molecule has 24 heavy (non-hydrogen) atoms. The number of likely N-dealkylation sites (N-methyl/N-ethyl adjacent to an activating group) is 2. The van der Waals surface area contributed by atoms with E-state index in [4.69, 9.17) is 4.74 Å². The van der Waals surface area contributed by atoms with Gasteiger partial charge in [0.05, 0.1) is 24.7 Å². The van der Waals surface area contributed by atoms with Crippen molar-refractivity contribution in [3.63, 3.8) is 0 Å². The smallest absolute Gasteiger partial charge is 0.234 e. The molecule has 4 atom stereocenters. The lowest BCUT2D eigenvalue weighted by atomic mass is 9.71.